The molecule has 0 saturated carbocycles. The molecule has 4 nitrogen and oxygen atoms in total. The van der Waals surface area contributed by atoms with Gasteiger partial charge in [-0.05, 0) is 80.9 Å². The molecule has 0 radical (unpaired) electrons. The Morgan fingerprint density at radius 1 is 1.14 bits per heavy atom. The fourth-order valence-corrected chi connectivity index (χ4v) is 4.09. The zero-order valence-corrected chi connectivity index (χ0v) is 21.1. The van der Waals surface area contributed by atoms with E-state index in [4.69, 9.17) is 4.74 Å². The van der Waals surface area contributed by atoms with Crippen LogP contribution < -0.4 is 9.47 Å². The first-order valence-electron chi connectivity index (χ1n) is 11.6. The SMILES string of the molecule is C=C(O)c1cc(OC(F)F)ccc1OC(O)/C=C(C)/C=C/C=C(C)/C=C/C1=C(C)CCCC1(C)C. The molecule has 0 fully saturated rings. The molecule has 0 bridgehead atoms. The molecule has 1 aromatic rings. The Morgan fingerprint density at radius 2 is 1.86 bits per heavy atom. The summed E-state index contributed by atoms with van der Waals surface area (Å²) in [6, 6.07) is 3.74. The van der Waals surface area contributed by atoms with Crippen LogP contribution in [0.5, 0.6) is 11.5 Å². The number of rotatable bonds is 10. The molecule has 0 heterocycles. The van der Waals surface area contributed by atoms with E-state index in [1.54, 1.807) is 0 Å². The lowest BCUT2D eigenvalue weighted by atomic mass is 9.72. The molecule has 1 aliphatic rings. The van der Waals surface area contributed by atoms with Crippen molar-refractivity contribution in [2.45, 2.75) is 66.8 Å². The van der Waals surface area contributed by atoms with Gasteiger partial charge < -0.3 is 19.7 Å². The highest BCUT2D eigenvalue weighted by molar-refractivity contribution is 5.64. The molecule has 0 amide bonds. The summed E-state index contributed by atoms with van der Waals surface area (Å²) >= 11 is 0. The Morgan fingerprint density at radius 3 is 2.49 bits per heavy atom. The van der Waals surface area contributed by atoms with Crippen molar-refractivity contribution < 1.29 is 28.5 Å². The average molecular weight is 487 g/mol. The number of aliphatic hydroxyl groups is 2. The highest BCUT2D eigenvalue weighted by atomic mass is 19.3. The molecule has 0 aliphatic heterocycles. The second kappa shape index (κ2) is 12.5. The molecule has 2 N–H and O–H groups in total. The molecule has 35 heavy (non-hydrogen) atoms. The molecule has 1 atom stereocenters. The van der Waals surface area contributed by atoms with E-state index in [-0.39, 0.29) is 22.5 Å². The summed E-state index contributed by atoms with van der Waals surface area (Å²) in [5.74, 6) is -0.476. The average Bonchev–Trinajstić information content (AvgIpc) is 2.73. The number of alkyl halides is 2. The summed E-state index contributed by atoms with van der Waals surface area (Å²) in [7, 11) is 0. The highest BCUT2D eigenvalue weighted by Crippen LogP contribution is 2.40. The van der Waals surface area contributed by atoms with Crippen LogP contribution in [0.4, 0.5) is 8.78 Å². The third-order valence-corrected chi connectivity index (χ3v) is 5.91. The first-order chi connectivity index (χ1) is 16.4. The van der Waals surface area contributed by atoms with Gasteiger partial charge in [-0.3, -0.25) is 0 Å². The quantitative estimate of drug-likeness (QED) is 0.200. The molecular weight excluding hydrogens is 450 g/mol. The van der Waals surface area contributed by atoms with Gasteiger partial charge >= 0.3 is 6.61 Å². The Labute approximate surface area is 207 Å². The van der Waals surface area contributed by atoms with Gasteiger partial charge in [0.25, 0.3) is 0 Å². The fourth-order valence-electron chi connectivity index (χ4n) is 4.09. The molecule has 0 spiro atoms. The van der Waals surface area contributed by atoms with E-state index < -0.39 is 18.7 Å². The van der Waals surface area contributed by atoms with Gasteiger partial charge in [-0.15, -0.1) is 0 Å². The van der Waals surface area contributed by atoms with Crippen molar-refractivity contribution in [1.29, 1.82) is 0 Å². The maximum absolute atomic E-state index is 12.4. The Balaban J connectivity index is 2.04. The summed E-state index contributed by atoms with van der Waals surface area (Å²) in [6.07, 6.45) is 13.8. The van der Waals surface area contributed by atoms with Crippen molar-refractivity contribution >= 4 is 5.76 Å². The minimum absolute atomic E-state index is 0.0423. The van der Waals surface area contributed by atoms with E-state index in [0.717, 1.165) is 17.6 Å². The lowest BCUT2D eigenvalue weighted by Gasteiger charge is -2.32. The topological polar surface area (TPSA) is 58.9 Å². The van der Waals surface area contributed by atoms with Crippen LogP contribution in [0.15, 0.2) is 83.5 Å². The van der Waals surface area contributed by atoms with Crippen molar-refractivity contribution in [2.24, 2.45) is 5.41 Å². The number of ether oxygens (including phenoxy) is 2. The van der Waals surface area contributed by atoms with Crippen molar-refractivity contribution in [3.05, 3.63) is 89.1 Å². The molecule has 0 aromatic heterocycles. The lowest BCUT2D eigenvalue weighted by Crippen LogP contribution is -2.19. The van der Waals surface area contributed by atoms with Gasteiger partial charge in [0.1, 0.15) is 17.3 Å². The number of allylic oxidation sites excluding steroid dienone is 9. The van der Waals surface area contributed by atoms with Crippen LogP contribution in [0.3, 0.4) is 0 Å². The van der Waals surface area contributed by atoms with E-state index in [9.17, 15) is 19.0 Å². The largest absolute Gasteiger partial charge is 0.508 e. The minimum Gasteiger partial charge on any atom is -0.508 e. The Hall–Kier alpha value is -3.12. The monoisotopic (exact) mass is 486 g/mol. The predicted octanol–water partition coefficient (Wildman–Crippen LogP) is 8.05. The Bertz CT molecular complexity index is 1060. The van der Waals surface area contributed by atoms with Crippen LogP contribution in [0, 0.1) is 5.41 Å². The lowest BCUT2D eigenvalue weighted by molar-refractivity contribution is -0.0500. The Kier molecular flexibility index (Phi) is 10.1. The van der Waals surface area contributed by atoms with Crippen molar-refractivity contribution in [2.75, 3.05) is 0 Å². The van der Waals surface area contributed by atoms with Crippen LogP contribution in [-0.2, 0) is 0 Å². The highest BCUT2D eigenvalue weighted by Gasteiger charge is 2.26. The standard InChI is InChI=1S/C29H36F2O4/c1-19(12-14-25-21(3)11-8-16-29(25,5)6)9-7-10-20(2)17-27(33)35-26-15-13-23(34-28(30)31)18-24(26)22(4)32/h7,9-10,12-15,17-18,27-28,32-33H,4,8,11,16H2,1-3,5-6H3/b10-7+,14-12+,19-9+,20-17+. The van der Waals surface area contributed by atoms with Crippen LogP contribution in [0.25, 0.3) is 5.76 Å². The first-order valence-corrected chi connectivity index (χ1v) is 11.6. The number of hydrogen-bond donors (Lipinski definition) is 2. The van der Waals surface area contributed by atoms with E-state index in [1.165, 1.54) is 48.3 Å². The summed E-state index contributed by atoms with van der Waals surface area (Å²) in [5, 5.41) is 20.0. The van der Waals surface area contributed by atoms with Crippen LogP contribution in [0.1, 0.15) is 59.4 Å². The predicted molar refractivity (Wildman–Crippen MR) is 137 cm³/mol. The molecular formula is C29H36F2O4. The van der Waals surface area contributed by atoms with Gasteiger partial charge in [0.15, 0.2) is 0 Å². The molecule has 1 aliphatic carbocycles. The van der Waals surface area contributed by atoms with E-state index >= 15 is 0 Å². The molecule has 0 saturated heterocycles. The molecule has 1 aromatic carbocycles. The van der Waals surface area contributed by atoms with Crippen molar-refractivity contribution in [3.63, 3.8) is 0 Å². The molecule has 190 valence electrons. The smallest absolute Gasteiger partial charge is 0.387 e. The first kappa shape index (κ1) is 28.1. The second-order valence-electron chi connectivity index (χ2n) is 9.44. The van der Waals surface area contributed by atoms with E-state index in [1.807, 2.05) is 32.1 Å². The zero-order valence-electron chi connectivity index (χ0n) is 21.1. The van der Waals surface area contributed by atoms with Crippen LogP contribution >= 0.6 is 0 Å². The second-order valence-corrected chi connectivity index (χ2v) is 9.44. The molecule has 1 unspecified atom stereocenters. The van der Waals surface area contributed by atoms with Gasteiger partial charge in [0.2, 0.25) is 6.29 Å². The summed E-state index contributed by atoms with van der Waals surface area (Å²) < 4.78 is 34.6. The van der Waals surface area contributed by atoms with Gasteiger partial charge in [-0.2, -0.15) is 8.78 Å². The normalized spacial score (nSPS) is 18.0. The maximum Gasteiger partial charge on any atom is 0.387 e. The summed E-state index contributed by atoms with van der Waals surface area (Å²) in [4.78, 5) is 0. The van der Waals surface area contributed by atoms with Crippen molar-refractivity contribution in [3.8, 4) is 11.5 Å². The zero-order chi connectivity index (χ0) is 26.2. The number of benzene rings is 1. The van der Waals surface area contributed by atoms with E-state index in [0.29, 0.717) is 0 Å². The third kappa shape index (κ3) is 8.87. The van der Waals surface area contributed by atoms with Crippen LogP contribution in [-0.4, -0.2) is 23.1 Å². The van der Waals surface area contributed by atoms with Gasteiger partial charge in [0, 0.05) is 0 Å². The number of hydrogen-bond acceptors (Lipinski definition) is 4. The molecule has 2 rings (SSSR count). The fraction of sp³-hybridized carbons (Fsp3) is 0.379. The summed E-state index contributed by atoms with van der Waals surface area (Å²) in [6.45, 7) is 11.0. The summed E-state index contributed by atoms with van der Waals surface area (Å²) in [5.41, 5.74) is 4.96. The number of aliphatic hydroxyl groups excluding tert-OH is 2. The van der Waals surface area contributed by atoms with Crippen LogP contribution in [0.2, 0.25) is 0 Å². The number of halogens is 2. The van der Waals surface area contributed by atoms with Crippen molar-refractivity contribution in [1.82, 2.24) is 0 Å². The molecule has 6 heteroatoms. The maximum atomic E-state index is 12.4. The van der Waals surface area contributed by atoms with Gasteiger partial charge in [-0.1, -0.05) is 62.0 Å². The van der Waals surface area contributed by atoms with E-state index in [2.05, 4.69) is 44.2 Å². The minimum atomic E-state index is -3.00. The third-order valence-electron chi connectivity index (χ3n) is 5.91. The van der Waals surface area contributed by atoms with Gasteiger partial charge in [-0.25, -0.2) is 0 Å². The van der Waals surface area contributed by atoms with Gasteiger partial charge in [0.05, 0.1) is 5.56 Å².